The number of hydrogen-bond acceptors (Lipinski definition) is 3. The van der Waals surface area contributed by atoms with Crippen molar-refractivity contribution < 1.29 is 9.21 Å². The van der Waals surface area contributed by atoms with Gasteiger partial charge in [-0.25, -0.2) is 0 Å². The number of rotatable bonds is 4. The molecule has 0 aliphatic heterocycles. The van der Waals surface area contributed by atoms with E-state index >= 15 is 0 Å². The minimum Gasteiger partial charge on any atom is -0.469 e. The van der Waals surface area contributed by atoms with Crippen LogP contribution in [0.15, 0.2) is 29.4 Å². The average molecular weight is 234 g/mol. The predicted molar refractivity (Wildman–Crippen MR) is 65.3 cm³/mol. The summed E-state index contributed by atoms with van der Waals surface area (Å²) in [5.74, 6) is 0.864. The molecule has 0 saturated heterocycles. The number of carbonyl (C=O) groups excluding carboxylic acids is 1. The van der Waals surface area contributed by atoms with Crippen LogP contribution in [0.3, 0.4) is 0 Å². The fraction of sp³-hybridized carbons (Fsp3) is 0.462. The number of fused-ring (bicyclic) bond motifs is 1. The van der Waals surface area contributed by atoms with Crippen LogP contribution in [0.5, 0.6) is 0 Å². The summed E-state index contributed by atoms with van der Waals surface area (Å²) in [5, 5.41) is 2.97. The second kappa shape index (κ2) is 5.19. The molecule has 2 atom stereocenters. The molecule has 0 saturated carbocycles. The minimum atomic E-state index is -0.509. The maximum atomic E-state index is 11.8. The molecule has 3 N–H and O–H groups in total. The Bertz CT molecular complexity index is 411. The second-order valence-electron chi connectivity index (χ2n) is 4.38. The summed E-state index contributed by atoms with van der Waals surface area (Å²) in [6.07, 6.45) is 6.76. The molecule has 92 valence electrons. The first-order chi connectivity index (χ1) is 8.22. The molecular weight excluding hydrogens is 216 g/mol. The summed E-state index contributed by atoms with van der Waals surface area (Å²) >= 11 is 0. The molecule has 1 heterocycles. The molecule has 17 heavy (non-hydrogen) atoms. The van der Waals surface area contributed by atoms with Crippen LogP contribution in [0.4, 0.5) is 0 Å². The number of hydrogen-bond donors (Lipinski definition) is 2. The number of furan rings is 1. The van der Waals surface area contributed by atoms with Crippen molar-refractivity contribution in [1.82, 2.24) is 5.32 Å². The lowest BCUT2D eigenvalue weighted by atomic mass is 9.93. The average Bonchev–Trinajstić information content (AvgIpc) is 2.78. The van der Waals surface area contributed by atoms with Gasteiger partial charge in [0, 0.05) is 12.0 Å². The van der Waals surface area contributed by atoms with Crippen molar-refractivity contribution in [3.8, 4) is 0 Å². The number of amides is 1. The molecule has 2 rings (SSSR count). The highest BCUT2D eigenvalue weighted by Gasteiger charge is 2.25. The molecule has 1 amide bonds. The van der Waals surface area contributed by atoms with Gasteiger partial charge in [-0.2, -0.15) is 0 Å². The summed E-state index contributed by atoms with van der Waals surface area (Å²) in [6.45, 7) is 3.58. The van der Waals surface area contributed by atoms with E-state index in [1.54, 1.807) is 12.3 Å². The van der Waals surface area contributed by atoms with Gasteiger partial charge >= 0.3 is 0 Å². The summed E-state index contributed by atoms with van der Waals surface area (Å²) < 4.78 is 5.38. The maximum Gasteiger partial charge on any atom is 0.237 e. The molecule has 1 aliphatic rings. The SMILES string of the molecule is C=CCC(N)C(=O)NC1CCCc2occc21. The lowest BCUT2D eigenvalue weighted by molar-refractivity contribution is -0.123. The van der Waals surface area contributed by atoms with E-state index in [1.165, 1.54) is 0 Å². The third-order valence-corrected chi connectivity index (χ3v) is 3.13. The van der Waals surface area contributed by atoms with Crippen LogP contribution >= 0.6 is 0 Å². The monoisotopic (exact) mass is 234 g/mol. The molecule has 0 bridgehead atoms. The maximum absolute atomic E-state index is 11.8. The van der Waals surface area contributed by atoms with Crippen LogP contribution in [-0.2, 0) is 11.2 Å². The molecule has 2 unspecified atom stereocenters. The summed E-state index contributed by atoms with van der Waals surface area (Å²) in [5.41, 5.74) is 6.83. The zero-order valence-corrected chi connectivity index (χ0v) is 9.82. The van der Waals surface area contributed by atoms with Gasteiger partial charge in [-0.1, -0.05) is 6.08 Å². The van der Waals surface area contributed by atoms with E-state index in [0.717, 1.165) is 30.6 Å². The van der Waals surface area contributed by atoms with Crippen molar-refractivity contribution in [2.45, 2.75) is 37.8 Å². The van der Waals surface area contributed by atoms with E-state index in [-0.39, 0.29) is 11.9 Å². The molecule has 1 aromatic rings. The van der Waals surface area contributed by atoms with Crippen molar-refractivity contribution in [3.05, 3.63) is 36.3 Å². The van der Waals surface area contributed by atoms with Crippen LogP contribution in [0.25, 0.3) is 0 Å². The first-order valence-corrected chi connectivity index (χ1v) is 5.95. The largest absolute Gasteiger partial charge is 0.469 e. The Morgan fingerprint density at radius 2 is 2.59 bits per heavy atom. The number of aryl methyl sites for hydroxylation is 1. The van der Waals surface area contributed by atoms with Crippen molar-refractivity contribution >= 4 is 5.91 Å². The number of nitrogens with two attached hydrogens (primary N) is 1. The predicted octanol–water partition coefficient (Wildman–Crippen LogP) is 1.68. The Kier molecular flexibility index (Phi) is 3.64. The fourth-order valence-electron chi connectivity index (χ4n) is 2.20. The van der Waals surface area contributed by atoms with E-state index in [1.807, 2.05) is 6.07 Å². The Labute approximate surface area is 101 Å². The van der Waals surface area contributed by atoms with E-state index in [2.05, 4.69) is 11.9 Å². The molecule has 4 nitrogen and oxygen atoms in total. The molecule has 0 radical (unpaired) electrons. The van der Waals surface area contributed by atoms with E-state index in [4.69, 9.17) is 10.2 Å². The molecule has 0 fully saturated rings. The zero-order valence-electron chi connectivity index (χ0n) is 9.82. The van der Waals surface area contributed by atoms with Crippen molar-refractivity contribution in [2.75, 3.05) is 0 Å². The van der Waals surface area contributed by atoms with Crippen LogP contribution in [0.1, 0.15) is 36.6 Å². The standard InChI is InChI=1S/C13H18N2O2/c1-2-4-10(14)13(16)15-11-5-3-6-12-9(11)7-8-17-12/h2,7-8,10-11H,1,3-6,14H2,(H,15,16). The van der Waals surface area contributed by atoms with Gasteiger partial charge in [0.25, 0.3) is 0 Å². The van der Waals surface area contributed by atoms with Gasteiger partial charge in [0.2, 0.25) is 5.91 Å². The third-order valence-electron chi connectivity index (χ3n) is 3.13. The smallest absolute Gasteiger partial charge is 0.237 e. The third kappa shape index (κ3) is 2.58. The van der Waals surface area contributed by atoms with Crippen molar-refractivity contribution in [3.63, 3.8) is 0 Å². The molecular formula is C13H18N2O2. The van der Waals surface area contributed by atoms with Gasteiger partial charge in [0.1, 0.15) is 5.76 Å². The van der Waals surface area contributed by atoms with Gasteiger partial charge in [-0.05, 0) is 25.3 Å². The highest BCUT2D eigenvalue weighted by atomic mass is 16.3. The lowest BCUT2D eigenvalue weighted by Gasteiger charge is -2.24. The Hall–Kier alpha value is -1.55. The van der Waals surface area contributed by atoms with Crippen LogP contribution in [-0.4, -0.2) is 11.9 Å². The number of carbonyl (C=O) groups is 1. The van der Waals surface area contributed by atoms with Crippen LogP contribution in [0, 0.1) is 0 Å². The molecule has 0 aromatic carbocycles. The van der Waals surface area contributed by atoms with Gasteiger partial charge in [0.05, 0.1) is 18.3 Å². The Balaban J connectivity index is 2.01. The second-order valence-corrected chi connectivity index (χ2v) is 4.38. The van der Waals surface area contributed by atoms with Gasteiger partial charge in [-0.3, -0.25) is 4.79 Å². The summed E-state index contributed by atoms with van der Waals surface area (Å²) in [6, 6.07) is 1.46. The molecule has 4 heteroatoms. The lowest BCUT2D eigenvalue weighted by Crippen LogP contribution is -2.42. The van der Waals surface area contributed by atoms with Gasteiger partial charge < -0.3 is 15.5 Å². The van der Waals surface area contributed by atoms with Crippen LogP contribution < -0.4 is 11.1 Å². The zero-order chi connectivity index (χ0) is 12.3. The Morgan fingerprint density at radius 1 is 1.76 bits per heavy atom. The molecule has 1 aromatic heterocycles. The summed E-state index contributed by atoms with van der Waals surface area (Å²) in [7, 11) is 0. The van der Waals surface area contributed by atoms with Crippen molar-refractivity contribution in [1.29, 1.82) is 0 Å². The topological polar surface area (TPSA) is 68.3 Å². The minimum absolute atomic E-state index is 0.0425. The van der Waals surface area contributed by atoms with Gasteiger partial charge in [-0.15, -0.1) is 6.58 Å². The Morgan fingerprint density at radius 3 is 3.35 bits per heavy atom. The van der Waals surface area contributed by atoms with E-state index in [9.17, 15) is 4.79 Å². The normalized spacial score (nSPS) is 20.4. The highest BCUT2D eigenvalue weighted by Crippen LogP contribution is 2.30. The van der Waals surface area contributed by atoms with E-state index < -0.39 is 6.04 Å². The number of nitrogens with one attached hydrogen (secondary N) is 1. The molecule has 0 spiro atoms. The van der Waals surface area contributed by atoms with Gasteiger partial charge in [0.15, 0.2) is 0 Å². The van der Waals surface area contributed by atoms with Crippen molar-refractivity contribution in [2.24, 2.45) is 5.73 Å². The summed E-state index contributed by atoms with van der Waals surface area (Å²) in [4.78, 5) is 11.8. The fourth-order valence-corrected chi connectivity index (χ4v) is 2.20. The first-order valence-electron chi connectivity index (χ1n) is 5.95. The van der Waals surface area contributed by atoms with E-state index in [0.29, 0.717) is 6.42 Å². The highest BCUT2D eigenvalue weighted by molar-refractivity contribution is 5.82. The van der Waals surface area contributed by atoms with Crippen LogP contribution in [0.2, 0.25) is 0 Å². The quantitative estimate of drug-likeness (QED) is 0.779. The molecule has 1 aliphatic carbocycles. The first kappa shape index (κ1) is 11.9.